The van der Waals surface area contributed by atoms with E-state index < -0.39 is 0 Å². The van der Waals surface area contributed by atoms with Crippen molar-refractivity contribution >= 4 is 80.3 Å². The van der Waals surface area contributed by atoms with Gasteiger partial charge in [0.2, 0.25) is 0 Å². The Balaban J connectivity index is 3.44. The minimum atomic E-state index is 0.108. The molecule has 0 bridgehead atoms. The van der Waals surface area contributed by atoms with Crippen molar-refractivity contribution in [2.45, 2.75) is 13.8 Å². The van der Waals surface area contributed by atoms with Gasteiger partial charge in [-0.3, -0.25) is 0 Å². The van der Waals surface area contributed by atoms with Gasteiger partial charge in [-0.15, -0.1) is 37.0 Å². The number of hydrogen-bond donors (Lipinski definition) is 2. The lowest BCUT2D eigenvalue weighted by Gasteiger charge is -2.18. The molecule has 0 saturated carbocycles. The van der Waals surface area contributed by atoms with Crippen molar-refractivity contribution in [1.29, 1.82) is 10.5 Å². The smallest absolute Gasteiger partial charge is 0.137 e. The van der Waals surface area contributed by atoms with Gasteiger partial charge in [0.1, 0.15) is 23.5 Å². The van der Waals surface area contributed by atoms with E-state index in [-0.39, 0.29) is 11.4 Å². The molecule has 8 heteroatoms. The van der Waals surface area contributed by atoms with E-state index in [0.29, 0.717) is 5.22 Å². The molecule has 2 aromatic carbocycles. The zero-order chi connectivity index (χ0) is 18.3. The first-order chi connectivity index (χ1) is 11.2. The van der Waals surface area contributed by atoms with Crippen molar-refractivity contribution < 1.29 is 0 Å². The fourth-order valence-corrected chi connectivity index (χ4v) is 5.54. The van der Waals surface area contributed by atoms with Crippen molar-refractivity contribution in [2.75, 3.05) is 0 Å². The highest BCUT2D eigenvalue weighted by atomic mass is 31.0. The van der Waals surface area contributed by atoms with E-state index in [0.717, 1.165) is 48.3 Å². The van der Waals surface area contributed by atoms with Crippen molar-refractivity contribution in [1.82, 2.24) is 0 Å². The van der Waals surface area contributed by atoms with Crippen LogP contribution < -0.4 is 43.1 Å². The van der Waals surface area contributed by atoms with Crippen LogP contribution in [-0.4, -0.2) is 0 Å². The van der Waals surface area contributed by atoms with Crippen LogP contribution in [0.25, 0.3) is 22.2 Å². The van der Waals surface area contributed by atoms with E-state index in [9.17, 15) is 10.5 Å². The van der Waals surface area contributed by atoms with E-state index >= 15 is 0 Å². The Hall–Kier alpha value is -1.26. The van der Waals surface area contributed by atoms with Crippen LogP contribution in [0.5, 0.6) is 0 Å². The number of hydrogen-bond acceptors (Lipinski definition) is 4. The van der Waals surface area contributed by atoms with E-state index in [4.69, 9.17) is 11.5 Å². The van der Waals surface area contributed by atoms with Crippen LogP contribution in [0.2, 0.25) is 0 Å². The van der Waals surface area contributed by atoms with Gasteiger partial charge in [0.05, 0.1) is 0 Å². The molecule has 0 spiro atoms. The number of nitrogens with zero attached hydrogens (tertiary/aromatic N) is 2. The zero-order valence-electron chi connectivity index (χ0n) is 13.4. The Morgan fingerprint density at radius 2 is 1.25 bits per heavy atom. The normalized spacial score (nSPS) is 10.3. The van der Waals surface area contributed by atoms with Gasteiger partial charge in [0.25, 0.3) is 0 Å². The molecule has 4 N–H and O–H groups in total. The van der Waals surface area contributed by atoms with Crippen LogP contribution in [0.4, 0.5) is 0 Å². The van der Waals surface area contributed by atoms with Crippen molar-refractivity contribution in [2.24, 2.45) is 11.5 Å². The van der Waals surface area contributed by atoms with E-state index in [1.165, 1.54) is 0 Å². The summed E-state index contributed by atoms with van der Waals surface area (Å²) in [5.74, 6) is 0.253. The molecule has 0 heterocycles. The van der Waals surface area contributed by atoms with Crippen LogP contribution in [0.3, 0.4) is 0 Å². The summed E-state index contributed by atoms with van der Waals surface area (Å²) in [5.41, 5.74) is 13.8. The molecule has 0 amide bonds. The molecule has 0 fully saturated rings. The summed E-state index contributed by atoms with van der Waals surface area (Å²) in [5, 5.41) is 25.6. The van der Waals surface area contributed by atoms with Crippen molar-refractivity contribution in [3.8, 4) is 12.1 Å². The number of nitrogens with two attached hydrogens (primary N) is 2. The number of aryl methyl sites for hydroxylation is 1. The lowest BCUT2D eigenvalue weighted by atomic mass is 9.95. The summed E-state index contributed by atoms with van der Waals surface area (Å²) in [6.45, 7) is 3.90. The first-order valence-corrected chi connectivity index (χ1v) is 9.24. The average molecular weight is 390 g/mol. The maximum absolute atomic E-state index is 9.32. The lowest BCUT2D eigenvalue weighted by molar-refractivity contribution is 1.35. The highest BCUT2D eigenvalue weighted by Crippen LogP contribution is 2.19. The predicted molar refractivity (Wildman–Crippen MR) is 116 cm³/mol. The number of rotatable bonds is 0. The Labute approximate surface area is 150 Å². The second kappa shape index (κ2) is 6.93. The molecular formula is C16H18N4P4. The third-order valence-electron chi connectivity index (χ3n) is 4.23. The summed E-state index contributed by atoms with van der Waals surface area (Å²) in [6.07, 6.45) is 0. The van der Waals surface area contributed by atoms with Crippen LogP contribution in [0.15, 0.2) is 0 Å². The van der Waals surface area contributed by atoms with Gasteiger partial charge in [0, 0.05) is 10.4 Å². The van der Waals surface area contributed by atoms with Gasteiger partial charge in [-0.2, -0.15) is 10.5 Å². The van der Waals surface area contributed by atoms with Crippen molar-refractivity contribution in [3.05, 3.63) is 21.6 Å². The number of nitriles is 2. The second-order valence-corrected chi connectivity index (χ2v) is 7.77. The molecule has 2 rings (SSSR count). The third-order valence-corrected chi connectivity index (χ3v) is 6.92. The van der Waals surface area contributed by atoms with Gasteiger partial charge in [-0.25, -0.2) is 0 Å². The molecule has 0 aliphatic heterocycles. The standard InChI is InChI=1S/C16H18N4P4/c1-5-6(2)9-10(12(21)8(5)7(3-17)4-18)14(23)15(24)11(13(9)22)16(19)20/h19-24H2,1-2H3. The molecular weight excluding hydrogens is 372 g/mol. The maximum atomic E-state index is 9.32. The molecule has 4 unspecified atom stereocenters. The summed E-state index contributed by atoms with van der Waals surface area (Å²) in [4.78, 5) is 0. The molecule has 0 saturated heterocycles. The molecule has 0 aromatic heterocycles. The Morgan fingerprint density at radius 3 is 1.71 bits per heavy atom. The van der Waals surface area contributed by atoms with Gasteiger partial charge in [-0.1, -0.05) is 0 Å². The molecule has 24 heavy (non-hydrogen) atoms. The SMILES string of the molecule is Cc1c(C)c2c(P)c(=C(N)N)c(P)c(P)c2c(P)c1=C(C#N)C#N. The average Bonchev–Trinajstić information content (AvgIpc) is 2.52. The Kier molecular flexibility index (Phi) is 5.50. The van der Waals surface area contributed by atoms with Crippen LogP contribution in [-0.2, 0) is 0 Å². The maximum Gasteiger partial charge on any atom is 0.137 e. The Morgan fingerprint density at radius 1 is 0.750 bits per heavy atom. The molecule has 0 aliphatic carbocycles. The van der Waals surface area contributed by atoms with Gasteiger partial charge >= 0.3 is 0 Å². The molecule has 0 aliphatic rings. The fraction of sp³-hybridized carbons (Fsp3) is 0.125. The van der Waals surface area contributed by atoms with Gasteiger partial charge < -0.3 is 11.5 Å². The minimum Gasteiger partial charge on any atom is -0.385 e. The highest BCUT2D eigenvalue weighted by molar-refractivity contribution is 7.38. The lowest BCUT2D eigenvalue weighted by Crippen LogP contribution is -2.46. The summed E-state index contributed by atoms with van der Waals surface area (Å²) >= 11 is 0. The summed E-state index contributed by atoms with van der Waals surface area (Å²) in [6, 6.07) is 4.00. The predicted octanol–water partition coefficient (Wildman–Crippen LogP) is -1.36. The zero-order valence-corrected chi connectivity index (χ0v) is 18.0. The Bertz CT molecular complexity index is 1090. The van der Waals surface area contributed by atoms with E-state index in [1.54, 1.807) is 0 Å². The van der Waals surface area contributed by atoms with Crippen molar-refractivity contribution in [3.63, 3.8) is 0 Å². The molecule has 2 aromatic rings. The number of benzene rings is 2. The highest BCUT2D eigenvalue weighted by Gasteiger charge is 2.18. The summed E-state index contributed by atoms with van der Waals surface area (Å²) < 4.78 is 0. The topological polar surface area (TPSA) is 99.6 Å². The van der Waals surface area contributed by atoms with E-state index in [1.807, 2.05) is 26.0 Å². The molecule has 0 radical (unpaired) electrons. The first kappa shape index (κ1) is 19.1. The second-order valence-electron chi connectivity index (χ2n) is 5.46. The van der Waals surface area contributed by atoms with Crippen LogP contribution in [0, 0.1) is 36.5 Å². The molecule has 122 valence electrons. The summed E-state index contributed by atoms with van der Waals surface area (Å²) in [7, 11) is 10.8. The van der Waals surface area contributed by atoms with Gasteiger partial charge in [-0.05, 0) is 57.0 Å². The quantitative estimate of drug-likeness (QED) is 0.543. The van der Waals surface area contributed by atoms with Crippen LogP contribution in [0.1, 0.15) is 11.1 Å². The minimum absolute atomic E-state index is 0.108. The fourth-order valence-electron chi connectivity index (χ4n) is 2.95. The third kappa shape index (κ3) is 2.70. The largest absolute Gasteiger partial charge is 0.385 e. The molecule has 4 nitrogen and oxygen atoms in total. The number of fused-ring (bicyclic) bond motifs is 1. The molecule has 4 atom stereocenters. The monoisotopic (exact) mass is 390 g/mol. The van der Waals surface area contributed by atoms with Crippen LogP contribution >= 0.6 is 37.0 Å². The first-order valence-electron chi connectivity index (χ1n) is 6.93. The van der Waals surface area contributed by atoms with E-state index in [2.05, 4.69) is 37.0 Å². The van der Waals surface area contributed by atoms with Gasteiger partial charge in [0.15, 0.2) is 0 Å².